The lowest BCUT2D eigenvalue weighted by Crippen LogP contribution is -2.11. The Morgan fingerprint density at radius 1 is 1.11 bits per heavy atom. The van der Waals surface area contributed by atoms with E-state index in [1.54, 1.807) is 17.2 Å². The fraction of sp³-hybridized carbons (Fsp3) is 0.125. The molecule has 0 fully saturated rings. The summed E-state index contributed by atoms with van der Waals surface area (Å²) in [6.45, 7) is 12.2. The highest BCUT2D eigenvalue weighted by molar-refractivity contribution is 5.80. The molecule has 0 aliphatic rings. The first-order chi connectivity index (χ1) is 13.4. The number of hydrogen-bond acceptors (Lipinski definition) is 2. The zero-order valence-corrected chi connectivity index (χ0v) is 16.5. The third-order valence-electron chi connectivity index (χ3n) is 4.66. The summed E-state index contributed by atoms with van der Waals surface area (Å²) >= 11 is 0. The van der Waals surface area contributed by atoms with Crippen molar-refractivity contribution in [2.45, 2.75) is 13.8 Å². The van der Waals surface area contributed by atoms with Crippen molar-refractivity contribution in [2.75, 3.05) is 11.9 Å². The van der Waals surface area contributed by atoms with Crippen LogP contribution in [0.5, 0.6) is 0 Å². The summed E-state index contributed by atoms with van der Waals surface area (Å²) in [5.74, 6) is -0.252. The molecule has 0 spiro atoms. The molecule has 28 heavy (non-hydrogen) atoms. The normalized spacial score (nSPS) is 11.4. The average Bonchev–Trinajstić information content (AvgIpc) is 3.17. The first-order valence-electron chi connectivity index (χ1n) is 9.04. The Morgan fingerprint density at radius 3 is 2.50 bits per heavy atom. The second-order valence-corrected chi connectivity index (χ2v) is 6.80. The number of aromatic nitrogens is 2. The molecular weight excluding hydrogens is 349 g/mol. The quantitative estimate of drug-likeness (QED) is 0.499. The summed E-state index contributed by atoms with van der Waals surface area (Å²) in [7, 11) is 1.82. The molecule has 0 radical (unpaired) electrons. The van der Waals surface area contributed by atoms with Gasteiger partial charge in [0.1, 0.15) is 5.82 Å². The fourth-order valence-electron chi connectivity index (χ4n) is 3.04. The molecule has 1 heterocycles. The highest BCUT2D eigenvalue weighted by Gasteiger charge is 2.13. The van der Waals surface area contributed by atoms with Gasteiger partial charge in [-0.3, -0.25) is 0 Å². The lowest BCUT2D eigenvalue weighted by Gasteiger charge is -2.19. The fourth-order valence-corrected chi connectivity index (χ4v) is 3.04. The van der Waals surface area contributed by atoms with Gasteiger partial charge in [0.15, 0.2) is 0 Å². The average molecular weight is 373 g/mol. The van der Waals surface area contributed by atoms with Gasteiger partial charge >= 0.3 is 0 Å². The monoisotopic (exact) mass is 373 g/mol. The Balaban J connectivity index is 1.85. The summed E-state index contributed by atoms with van der Waals surface area (Å²) < 4.78 is 16.1. The highest BCUT2D eigenvalue weighted by atomic mass is 19.1. The minimum Gasteiger partial charge on any atom is -0.348 e. The maximum atomic E-state index is 14.3. The zero-order chi connectivity index (χ0) is 20.3. The summed E-state index contributed by atoms with van der Waals surface area (Å²) in [4.78, 5) is 1.76. The summed E-state index contributed by atoms with van der Waals surface area (Å²) in [6.07, 6.45) is 3.61. The van der Waals surface area contributed by atoms with Crippen LogP contribution in [0.2, 0.25) is 0 Å². The Kier molecular flexibility index (Phi) is 5.59. The second kappa shape index (κ2) is 8.09. The minimum atomic E-state index is -0.252. The van der Waals surface area contributed by atoms with E-state index < -0.39 is 0 Å². The number of anilines is 1. The van der Waals surface area contributed by atoms with Crippen LogP contribution in [0.3, 0.4) is 0 Å². The zero-order valence-electron chi connectivity index (χ0n) is 16.5. The van der Waals surface area contributed by atoms with Gasteiger partial charge in [0, 0.05) is 18.8 Å². The topological polar surface area (TPSA) is 21.1 Å². The number of rotatable bonds is 6. The molecule has 0 bridgehead atoms. The van der Waals surface area contributed by atoms with Gasteiger partial charge in [0.2, 0.25) is 0 Å². The highest BCUT2D eigenvalue weighted by Crippen LogP contribution is 2.28. The lowest BCUT2D eigenvalue weighted by atomic mass is 10.00. The Bertz CT molecular complexity index is 1040. The van der Waals surface area contributed by atoms with Crippen molar-refractivity contribution in [3.63, 3.8) is 0 Å². The summed E-state index contributed by atoms with van der Waals surface area (Å²) in [5, 5.41) is 4.41. The van der Waals surface area contributed by atoms with Gasteiger partial charge in [-0.1, -0.05) is 37.4 Å². The molecule has 142 valence electrons. The SMILES string of the molecule is C=C(C(=C)c1ccnn1-c1ccccc1)/C(C)=C\N(C)c1ccc(C)cc1F. The number of nitrogens with zero attached hydrogens (tertiary/aromatic N) is 3. The maximum absolute atomic E-state index is 14.3. The van der Waals surface area contributed by atoms with Gasteiger partial charge < -0.3 is 4.90 Å². The van der Waals surface area contributed by atoms with E-state index >= 15 is 0 Å². The molecular formula is C24H24FN3. The van der Waals surface area contributed by atoms with Crippen LogP contribution in [0.15, 0.2) is 91.3 Å². The molecule has 4 heteroatoms. The van der Waals surface area contributed by atoms with Crippen molar-refractivity contribution >= 4 is 11.3 Å². The van der Waals surface area contributed by atoms with E-state index in [-0.39, 0.29) is 5.82 Å². The van der Waals surface area contributed by atoms with Gasteiger partial charge in [-0.25, -0.2) is 9.07 Å². The molecule has 0 atom stereocenters. The number of hydrogen-bond donors (Lipinski definition) is 0. The third-order valence-corrected chi connectivity index (χ3v) is 4.66. The van der Waals surface area contributed by atoms with E-state index in [4.69, 9.17) is 0 Å². The number of benzene rings is 2. The molecule has 1 aromatic heterocycles. The first-order valence-corrected chi connectivity index (χ1v) is 9.04. The van der Waals surface area contributed by atoms with Crippen LogP contribution in [0.4, 0.5) is 10.1 Å². The number of para-hydroxylation sites is 1. The van der Waals surface area contributed by atoms with Gasteiger partial charge in [-0.05, 0) is 60.9 Å². The molecule has 0 aliphatic heterocycles. The van der Waals surface area contributed by atoms with E-state index in [0.29, 0.717) is 5.69 Å². The Labute approximate surface area is 165 Å². The minimum absolute atomic E-state index is 0.252. The number of halogens is 1. The molecule has 3 rings (SSSR count). The van der Waals surface area contributed by atoms with E-state index in [0.717, 1.165) is 33.7 Å². The smallest absolute Gasteiger partial charge is 0.147 e. The first kappa shape index (κ1) is 19.4. The van der Waals surface area contributed by atoms with Crippen LogP contribution in [-0.2, 0) is 0 Å². The van der Waals surface area contributed by atoms with Crippen LogP contribution < -0.4 is 4.90 Å². The molecule has 2 aromatic carbocycles. The van der Waals surface area contributed by atoms with Crippen LogP contribution in [-0.4, -0.2) is 16.8 Å². The van der Waals surface area contributed by atoms with E-state index in [1.807, 2.05) is 74.2 Å². The van der Waals surface area contributed by atoms with Crippen molar-refractivity contribution in [1.29, 1.82) is 0 Å². The summed E-state index contributed by atoms with van der Waals surface area (Å²) in [5.41, 5.74) is 5.67. The van der Waals surface area contributed by atoms with E-state index in [1.165, 1.54) is 6.07 Å². The molecule has 0 unspecified atom stereocenters. The predicted octanol–water partition coefficient (Wildman–Crippen LogP) is 5.93. The standard InChI is InChI=1S/C24H24FN3/c1-17-11-12-24(22(25)15-17)27(5)16-18(2)19(3)20(4)23-13-14-26-28(23)21-9-7-6-8-10-21/h6-16H,3-4H2,1-2,5H3/b18-16-. The molecule has 0 saturated heterocycles. The van der Waals surface area contributed by atoms with Crippen LogP contribution >= 0.6 is 0 Å². The maximum Gasteiger partial charge on any atom is 0.147 e. The predicted molar refractivity (Wildman–Crippen MR) is 115 cm³/mol. The van der Waals surface area contributed by atoms with Gasteiger partial charge in [-0.2, -0.15) is 5.10 Å². The number of aryl methyl sites for hydroxylation is 1. The van der Waals surface area contributed by atoms with Crippen molar-refractivity contribution in [3.05, 3.63) is 108 Å². The molecule has 0 amide bonds. The summed E-state index contributed by atoms with van der Waals surface area (Å²) in [6, 6.07) is 17.0. The van der Waals surface area contributed by atoms with Gasteiger partial charge in [-0.15, -0.1) is 0 Å². The molecule has 3 aromatic rings. The second-order valence-electron chi connectivity index (χ2n) is 6.80. The third kappa shape index (κ3) is 3.96. The molecule has 0 aliphatic carbocycles. The van der Waals surface area contributed by atoms with Crippen molar-refractivity contribution in [2.24, 2.45) is 0 Å². The van der Waals surface area contributed by atoms with Gasteiger partial charge in [0.05, 0.1) is 23.3 Å². The largest absolute Gasteiger partial charge is 0.348 e. The van der Waals surface area contributed by atoms with Crippen LogP contribution in [0, 0.1) is 12.7 Å². The van der Waals surface area contributed by atoms with Crippen molar-refractivity contribution in [1.82, 2.24) is 9.78 Å². The molecule has 0 N–H and O–H groups in total. The van der Waals surface area contributed by atoms with Crippen molar-refractivity contribution in [3.8, 4) is 5.69 Å². The Morgan fingerprint density at radius 2 is 1.82 bits per heavy atom. The van der Waals surface area contributed by atoms with Crippen molar-refractivity contribution < 1.29 is 4.39 Å². The Hall–Kier alpha value is -3.40. The lowest BCUT2D eigenvalue weighted by molar-refractivity contribution is 0.626. The van der Waals surface area contributed by atoms with Gasteiger partial charge in [0.25, 0.3) is 0 Å². The van der Waals surface area contributed by atoms with Crippen LogP contribution in [0.25, 0.3) is 11.3 Å². The van der Waals surface area contributed by atoms with E-state index in [9.17, 15) is 4.39 Å². The number of allylic oxidation sites excluding steroid dienone is 3. The van der Waals surface area contributed by atoms with E-state index in [2.05, 4.69) is 18.3 Å². The molecule has 3 nitrogen and oxygen atoms in total. The molecule has 0 saturated carbocycles. The van der Waals surface area contributed by atoms with Crippen LogP contribution in [0.1, 0.15) is 18.2 Å².